The Hall–Kier alpha value is -2.46. The van der Waals surface area contributed by atoms with Crippen LogP contribution in [0, 0.1) is 0 Å². The first-order valence-corrected chi connectivity index (χ1v) is 13.3. The molecule has 2 aromatic rings. The van der Waals surface area contributed by atoms with E-state index in [0.717, 1.165) is 50.1 Å². The van der Waals surface area contributed by atoms with Crippen LogP contribution < -0.4 is 14.8 Å². The molecule has 2 saturated heterocycles. The van der Waals surface area contributed by atoms with Gasteiger partial charge in [0.05, 0.1) is 24.2 Å². The molecule has 2 aromatic carbocycles. The van der Waals surface area contributed by atoms with Crippen molar-refractivity contribution in [1.82, 2.24) is 14.9 Å². The number of nitrogens with one attached hydrogen (secondary N) is 2. The first-order valence-electron chi connectivity index (χ1n) is 11.8. The number of rotatable bonds is 10. The molecule has 2 aliphatic rings. The van der Waals surface area contributed by atoms with Crippen LogP contribution in [-0.2, 0) is 14.8 Å². The largest absolute Gasteiger partial charge is 0.497 e. The summed E-state index contributed by atoms with van der Waals surface area (Å²) in [5.41, 5.74) is 1.55. The molecule has 9 heteroatoms. The van der Waals surface area contributed by atoms with E-state index in [9.17, 15) is 13.2 Å². The number of ether oxygens (including phenoxy) is 2. The predicted octanol–water partition coefficient (Wildman–Crippen LogP) is 2.72. The second kappa shape index (κ2) is 11.3. The van der Waals surface area contributed by atoms with Gasteiger partial charge in [0, 0.05) is 25.3 Å². The van der Waals surface area contributed by atoms with Crippen LogP contribution >= 0.6 is 0 Å². The van der Waals surface area contributed by atoms with Gasteiger partial charge in [0.1, 0.15) is 5.75 Å². The van der Waals surface area contributed by atoms with E-state index in [1.807, 2.05) is 24.3 Å². The highest BCUT2D eigenvalue weighted by Crippen LogP contribution is 2.26. The molecule has 0 aromatic heterocycles. The maximum absolute atomic E-state index is 12.8. The highest BCUT2D eigenvalue weighted by atomic mass is 32.2. The number of carbonyl (C=O) groups excluding carboxylic acids is 1. The van der Waals surface area contributed by atoms with Crippen molar-refractivity contribution in [2.24, 2.45) is 0 Å². The lowest BCUT2D eigenvalue weighted by molar-refractivity contribution is 0.0937. The zero-order valence-electron chi connectivity index (χ0n) is 19.5. The monoisotopic (exact) mass is 487 g/mol. The van der Waals surface area contributed by atoms with Gasteiger partial charge in [0.15, 0.2) is 0 Å². The average molecular weight is 488 g/mol. The summed E-state index contributed by atoms with van der Waals surface area (Å²) in [5, 5.41) is 3.03. The van der Waals surface area contributed by atoms with Crippen molar-refractivity contribution >= 4 is 15.9 Å². The highest BCUT2D eigenvalue weighted by Gasteiger charge is 2.25. The smallest absolute Gasteiger partial charge is 0.251 e. The Balaban J connectivity index is 1.37. The number of carbonyl (C=O) groups is 1. The number of sulfonamides is 1. The molecule has 2 unspecified atom stereocenters. The van der Waals surface area contributed by atoms with Crippen LogP contribution in [0.3, 0.4) is 0 Å². The molecule has 0 bridgehead atoms. The number of amides is 1. The lowest BCUT2D eigenvalue weighted by Crippen LogP contribution is -2.36. The van der Waals surface area contributed by atoms with E-state index >= 15 is 0 Å². The Morgan fingerprint density at radius 1 is 1.09 bits per heavy atom. The van der Waals surface area contributed by atoms with Crippen LogP contribution in [-0.4, -0.2) is 65.2 Å². The summed E-state index contributed by atoms with van der Waals surface area (Å²) in [5.74, 6) is 0.572. The second-order valence-corrected chi connectivity index (χ2v) is 10.5. The van der Waals surface area contributed by atoms with Gasteiger partial charge in [0.25, 0.3) is 5.91 Å². The van der Waals surface area contributed by atoms with Crippen LogP contribution in [0.2, 0.25) is 0 Å². The molecule has 0 saturated carbocycles. The summed E-state index contributed by atoms with van der Waals surface area (Å²) in [6.07, 6.45) is 4.03. The number of methoxy groups -OCH3 is 1. The third-order valence-corrected chi connectivity index (χ3v) is 7.93. The number of hydrogen-bond donors (Lipinski definition) is 2. The quantitative estimate of drug-likeness (QED) is 0.535. The number of likely N-dealkylation sites (tertiary alicyclic amines) is 1. The first-order chi connectivity index (χ1) is 16.5. The fourth-order valence-corrected chi connectivity index (χ4v) is 5.57. The SMILES string of the molecule is COc1ccc(C(CNC(=O)c2ccc(S(=O)(=O)NCC3CCCO3)cc2)N2CCCC2)cc1. The van der Waals surface area contributed by atoms with Crippen LogP contribution in [0.4, 0.5) is 0 Å². The fourth-order valence-electron chi connectivity index (χ4n) is 4.51. The molecule has 184 valence electrons. The Morgan fingerprint density at radius 3 is 2.41 bits per heavy atom. The van der Waals surface area contributed by atoms with Gasteiger partial charge in [0.2, 0.25) is 10.0 Å². The lowest BCUT2D eigenvalue weighted by atomic mass is 10.0. The zero-order valence-corrected chi connectivity index (χ0v) is 20.4. The number of benzene rings is 2. The topological polar surface area (TPSA) is 97.0 Å². The van der Waals surface area contributed by atoms with Gasteiger partial charge in [-0.2, -0.15) is 0 Å². The summed E-state index contributed by atoms with van der Waals surface area (Å²) in [7, 11) is -2.00. The minimum atomic E-state index is -3.65. The third kappa shape index (κ3) is 6.15. The maximum Gasteiger partial charge on any atom is 0.251 e. The van der Waals surface area contributed by atoms with Gasteiger partial charge in [-0.3, -0.25) is 9.69 Å². The molecule has 2 atom stereocenters. The predicted molar refractivity (Wildman–Crippen MR) is 129 cm³/mol. The molecular formula is C25H33N3O5S. The summed E-state index contributed by atoms with van der Waals surface area (Å²) < 4.78 is 38.4. The van der Waals surface area contributed by atoms with E-state index in [1.165, 1.54) is 12.1 Å². The van der Waals surface area contributed by atoms with E-state index in [1.54, 1.807) is 19.2 Å². The van der Waals surface area contributed by atoms with Gasteiger partial charge in [-0.15, -0.1) is 0 Å². The Bertz CT molecular complexity index is 1040. The van der Waals surface area contributed by atoms with Crippen molar-refractivity contribution in [3.63, 3.8) is 0 Å². The molecule has 2 fully saturated rings. The van der Waals surface area contributed by atoms with Crippen molar-refractivity contribution < 1.29 is 22.7 Å². The van der Waals surface area contributed by atoms with Gasteiger partial charge >= 0.3 is 0 Å². The molecule has 1 amide bonds. The summed E-state index contributed by atoms with van der Waals surface area (Å²) in [4.78, 5) is 15.3. The fraction of sp³-hybridized carbons (Fsp3) is 0.480. The molecular weight excluding hydrogens is 454 g/mol. The molecule has 2 aliphatic heterocycles. The van der Waals surface area contributed by atoms with Gasteiger partial charge < -0.3 is 14.8 Å². The number of nitrogens with zero attached hydrogens (tertiary/aromatic N) is 1. The molecule has 0 spiro atoms. The van der Waals surface area contributed by atoms with Gasteiger partial charge in [-0.25, -0.2) is 13.1 Å². The molecule has 34 heavy (non-hydrogen) atoms. The van der Waals surface area contributed by atoms with Crippen LogP contribution in [0.1, 0.15) is 47.6 Å². The Kier molecular flexibility index (Phi) is 8.20. The van der Waals surface area contributed by atoms with Crippen LogP contribution in [0.5, 0.6) is 5.75 Å². The van der Waals surface area contributed by atoms with E-state index < -0.39 is 10.0 Å². The standard InChI is InChI=1S/C25H33N3O5S/c1-32-21-10-6-19(7-11-21)24(28-14-2-3-15-28)18-26-25(29)20-8-12-23(13-9-20)34(30,31)27-17-22-5-4-16-33-22/h6-13,22,24,27H,2-5,14-18H2,1H3,(H,26,29). The molecule has 0 radical (unpaired) electrons. The van der Waals surface area contributed by atoms with Crippen LogP contribution in [0.15, 0.2) is 53.4 Å². The summed E-state index contributed by atoms with van der Waals surface area (Å²) in [6, 6.07) is 14.1. The molecule has 2 N–H and O–H groups in total. The highest BCUT2D eigenvalue weighted by molar-refractivity contribution is 7.89. The summed E-state index contributed by atoms with van der Waals surface area (Å²) >= 11 is 0. The van der Waals surface area contributed by atoms with Gasteiger partial charge in [-0.1, -0.05) is 12.1 Å². The maximum atomic E-state index is 12.8. The third-order valence-electron chi connectivity index (χ3n) is 6.49. The zero-order chi connectivity index (χ0) is 24.0. The lowest BCUT2D eigenvalue weighted by Gasteiger charge is -2.28. The van der Waals surface area contributed by atoms with E-state index in [2.05, 4.69) is 14.9 Å². The van der Waals surface area contributed by atoms with Crippen molar-refractivity contribution in [3.05, 3.63) is 59.7 Å². The Labute approximate surface area is 201 Å². The van der Waals surface area contributed by atoms with Crippen molar-refractivity contribution in [2.45, 2.75) is 42.7 Å². The van der Waals surface area contributed by atoms with E-state index in [-0.39, 0.29) is 29.5 Å². The van der Waals surface area contributed by atoms with Crippen LogP contribution in [0.25, 0.3) is 0 Å². The molecule has 0 aliphatic carbocycles. The first kappa shape index (κ1) is 24.7. The van der Waals surface area contributed by atoms with Crippen molar-refractivity contribution in [1.29, 1.82) is 0 Å². The van der Waals surface area contributed by atoms with E-state index in [4.69, 9.17) is 9.47 Å². The normalized spacial score (nSPS) is 19.7. The molecule has 8 nitrogen and oxygen atoms in total. The van der Waals surface area contributed by atoms with Crippen molar-refractivity contribution in [3.8, 4) is 5.75 Å². The Morgan fingerprint density at radius 2 is 1.79 bits per heavy atom. The molecule has 2 heterocycles. The second-order valence-electron chi connectivity index (χ2n) is 8.75. The summed E-state index contributed by atoms with van der Waals surface area (Å²) in [6.45, 7) is 3.39. The van der Waals surface area contributed by atoms with E-state index in [0.29, 0.717) is 18.7 Å². The number of hydrogen-bond acceptors (Lipinski definition) is 6. The minimum absolute atomic E-state index is 0.0685. The average Bonchev–Trinajstić information content (AvgIpc) is 3.58. The molecule has 4 rings (SSSR count). The van der Waals surface area contributed by atoms with Crippen molar-refractivity contribution in [2.75, 3.05) is 39.9 Å². The van der Waals surface area contributed by atoms with Gasteiger partial charge in [-0.05, 0) is 80.7 Å². The minimum Gasteiger partial charge on any atom is -0.497 e.